The van der Waals surface area contributed by atoms with Crippen molar-refractivity contribution in [2.75, 3.05) is 13.2 Å². The molecule has 0 aliphatic rings. The molecule has 6 heteroatoms. The van der Waals surface area contributed by atoms with Crippen LogP contribution in [0.1, 0.15) is 27.9 Å². The van der Waals surface area contributed by atoms with Crippen LogP contribution >= 0.6 is 0 Å². The number of aromatic nitrogens is 1. The van der Waals surface area contributed by atoms with E-state index in [0.29, 0.717) is 24.3 Å². The van der Waals surface area contributed by atoms with Crippen LogP contribution in [-0.2, 0) is 16.1 Å². The van der Waals surface area contributed by atoms with Gasteiger partial charge in [-0.3, -0.25) is 4.79 Å². The summed E-state index contributed by atoms with van der Waals surface area (Å²) in [5, 5.41) is 9.60. The summed E-state index contributed by atoms with van der Waals surface area (Å²) >= 11 is 0. The molecule has 0 bridgehead atoms. The lowest BCUT2D eigenvalue weighted by Crippen LogP contribution is -2.19. The average Bonchev–Trinajstić information content (AvgIpc) is 3.10. The first kappa shape index (κ1) is 20.2. The molecular weight excluding hydrogens is 368 g/mol. The maximum Gasteiger partial charge on any atom is 0.344 e. The maximum absolute atomic E-state index is 12.6. The van der Waals surface area contributed by atoms with Gasteiger partial charge in [-0.15, -0.1) is 0 Å². The zero-order chi connectivity index (χ0) is 20.8. The molecule has 29 heavy (non-hydrogen) atoms. The molecule has 3 aromatic rings. The van der Waals surface area contributed by atoms with Gasteiger partial charge in [0.05, 0.1) is 12.5 Å². The second-order valence-corrected chi connectivity index (χ2v) is 6.73. The zero-order valence-corrected chi connectivity index (χ0v) is 16.5. The van der Waals surface area contributed by atoms with Gasteiger partial charge < -0.3 is 14.0 Å². The molecule has 0 fully saturated rings. The van der Waals surface area contributed by atoms with E-state index in [1.54, 1.807) is 12.3 Å². The SMILES string of the molecule is Cc1cccc(OCC(=O)OCC(=O)c2cn(CCC#N)c3ccccc23)c1C. The fourth-order valence-electron chi connectivity index (χ4n) is 3.11. The van der Waals surface area contributed by atoms with Gasteiger partial charge in [-0.2, -0.15) is 5.26 Å². The fraction of sp³-hybridized carbons (Fsp3) is 0.261. The van der Waals surface area contributed by atoms with Gasteiger partial charge in [0.15, 0.2) is 13.2 Å². The summed E-state index contributed by atoms with van der Waals surface area (Å²) in [6.07, 6.45) is 2.06. The predicted molar refractivity (Wildman–Crippen MR) is 109 cm³/mol. The largest absolute Gasteiger partial charge is 0.482 e. The van der Waals surface area contributed by atoms with Crippen LogP contribution in [0.2, 0.25) is 0 Å². The van der Waals surface area contributed by atoms with Crippen LogP contribution in [0, 0.1) is 25.2 Å². The summed E-state index contributed by atoms with van der Waals surface area (Å²) in [7, 11) is 0. The zero-order valence-electron chi connectivity index (χ0n) is 16.5. The number of hydrogen-bond donors (Lipinski definition) is 0. The van der Waals surface area contributed by atoms with E-state index in [4.69, 9.17) is 14.7 Å². The van der Waals surface area contributed by atoms with Crippen molar-refractivity contribution < 1.29 is 19.1 Å². The highest BCUT2D eigenvalue weighted by molar-refractivity contribution is 6.09. The maximum atomic E-state index is 12.6. The first-order chi connectivity index (χ1) is 14.0. The molecule has 3 rings (SSSR count). The minimum Gasteiger partial charge on any atom is -0.482 e. The van der Waals surface area contributed by atoms with Crippen LogP contribution in [-0.4, -0.2) is 29.5 Å². The highest BCUT2D eigenvalue weighted by Crippen LogP contribution is 2.23. The number of ether oxygens (including phenoxy) is 2. The van der Waals surface area contributed by atoms with E-state index in [9.17, 15) is 9.59 Å². The molecule has 6 nitrogen and oxygen atoms in total. The van der Waals surface area contributed by atoms with Gasteiger partial charge in [-0.05, 0) is 37.1 Å². The van der Waals surface area contributed by atoms with E-state index < -0.39 is 5.97 Å². The predicted octanol–water partition coefficient (Wildman–Crippen LogP) is 3.98. The van der Waals surface area contributed by atoms with Gasteiger partial charge in [0.2, 0.25) is 5.78 Å². The molecule has 0 saturated heterocycles. The molecule has 0 spiro atoms. The lowest BCUT2D eigenvalue weighted by molar-refractivity contribution is -0.144. The quantitative estimate of drug-likeness (QED) is 0.429. The van der Waals surface area contributed by atoms with Gasteiger partial charge in [0.1, 0.15) is 5.75 Å². The van der Waals surface area contributed by atoms with Gasteiger partial charge in [-0.1, -0.05) is 30.3 Å². The van der Waals surface area contributed by atoms with Gasteiger partial charge in [0, 0.05) is 29.2 Å². The first-order valence-corrected chi connectivity index (χ1v) is 9.34. The Morgan fingerprint density at radius 2 is 1.86 bits per heavy atom. The van der Waals surface area contributed by atoms with E-state index in [1.807, 2.05) is 54.8 Å². The Balaban J connectivity index is 1.62. The summed E-state index contributed by atoms with van der Waals surface area (Å²) < 4.78 is 12.5. The van der Waals surface area contributed by atoms with Crippen molar-refractivity contribution in [2.45, 2.75) is 26.8 Å². The molecule has 0 atom stereocenters. The molecule has 0 radical (unpaired) electrons. The van der Waals surface area contributed by atoms with Gasteiger partial charge in [0.25, 0.3) is 0 Å². The Morgan fingerprint density at radius 1 is 1.07 bits per heavy atom. The summed E-state index contributed by atoms with van der Waals surface area (Å²) in [6.45, 7) is 3.75. The minimum absolute atomic E-state index is 0.262. The Hall–Kier alpha value is -3.59. The number of esters is 1. The number of Topliss-reactive ketones (excluding diaryl/α,β-unsaturated/α-hetero) is 1. The second-order valence-electron chi connectivity index (χ2n) is 6.73. The Morgan fingerprint density at radius 3 is 2.66 bits per heavy atom. The molecule has 2 aromatic carbocycles. The van der Waals surface area contributed by atoms with E-state index >= 15 is 0 Å². The number of ketones is 1. The highest BCUT2D eigenvalue weighted by Gasteiger charge is 2.17. The molecule has 1 aromatic heterocycles. The van der Waals surface area contributed by atoms with Crippen molar-refractivity contribution in [3.8, 4) is 11.8 Å². The van der Waals surface area contributed by atoms with Crippen LogP contribution in [0.4, 0.5) is 0 Å². The van der Waals surface area contributed by atoms with Crippen molar-refractivity contribution in [1.82, 2.24) is 4.57 Å². The number of aryl methyl sites for hydroxylation is 2. The average molecular weight is 390 g/mol. The molecule has 0 unspecified atom stereocenters. The normalized spacial score (nSPS) is 10.5. The van der Waals surface area contributed by atoms with Crippen molar-refractivity contribution in [3.63, 3.8) is 0 Å². The number of fused-ring (bicyclic) bond motifs is 1. The van der Waals surface area contributed by atoms with Crippen molar-refractivity contribution in [2.24, 2.45) is 0 Å². The lowest BCUT2D eigenvalue weighted by atomic mass is 10.1. The van der Waals surface area contributed by atoms with Crippen LogP contribution in [0.25, 0.3) is 10.9 Å². The topological polar surface area (TPSA) is 81.3 Å². The van der Waals surface area contributed by atoms with Crippen molar-refractivity contribution in [1.29, 1.82) is 5.26 Å². The van der Waals surface area contributed by atoms with E-state index in [1.165, 1.54) is 0 Å². The van der Waals surface area contributed by atoms with E-state index in [2.05, 4.69) is 6.07 Å². The highest BCUT2D eigenvalue weighted by atomic mass is 16.6. The van der Waals surface area contributed by atoms with Gasteiger partial charge >= 0.3 is 5.97 Å². The molecule has 0 amide bonds. The molecule has 1 heterocycles. The third-order valence-corrected chi connectivity index (χ3v) is 4.82. The number of para-hydroxylation sites is 1. The molecule has 0 aliphatic carbocycles. The number of carbonyl (C=O) groups is 2. The van der Waals surface area contributed by atoms with Crippen molar-refractivity contribution in [3.05, 3.63) is 65.4 Å². The van der Waals surface area contributed by atoms with E-state index in [0.717, 1.165) is 22.0 Å². The number of rotatable bonds is 8. The van der Waals surface area contributed by atoms with Gasteiger partial charge in [-0.25, -0.2) is 4.79 Å². The first-order valence-electron chi connectivity index (χ1n) is 9.34. The monoisotopic (exact) mass is 390 g/mol. The third kappa shape index (κ3) is 4.64. The third-order valence-electron chi connectivity index (χ3n) is 4.82. The Bertz CT molecular complexity index is 1090. The summed E-state index contributed by atoms with van der Waals surface area (Å²) in [5.74, 6) is -0.279. The van der Waals surface area contributed by atoms with Crippen LogP contribution < -0.4 is 4.74 Å². The molecule has 0 aliphatic heterocycles. The smallest absolute Gasteiger partial charge is 0.344 e. The number of nitriles is 1. The minimum atomic E-state index is -0.604. The van der Waals surface area contributed by atoms with Crippen LogP contribution in [0.5, 0.6) is 5.75 Å². The number of nitrogens with zero attached hydrogens (tertiary/aromatic N) is 2. The fourth-order valence-corrected chi connectivity index (χ4v) is 3.11. The molecule has 148 valence electrons. The number of hydrogen-bond acceptors (Lipinski definition) is 5. The summed E-state index contributed by atoms with van der Waals surface area (Å²) in [6, 6.07) is 15.2. The van der Waals surface area contributed by atoms with E-state index in [-0.39, 0.29) is 19.0 Å². The molecule has 0 saturated carbocycles. The molecular formula is C23H22N2O4. The molecule has 0 N–H and O–H groups in total. The van der Waals surface area contributed by atoms with Crippen molar-refractivity contribution >= 4 is 22.7 Å². The van der Waals surface area contributed by atoms with Crippen LogP contribution in [0.3, 0.4) is 0 Å². The Labute approximate surface area is 169 Å². The lowest BCUT2D eigenvalue weighted by Gasteiger charge is -2.10. The van der Waals surface area contributed by atoms with Crippen LogP contribution in [0.15, 0.2) is 48.7 Å². The number of carbonyl (C=O) groups excluding carboxylic acids is 2. The number of benzene rings is 2. The summed E-state index contributed by atoms with van der Waals surface area (Å²) in [4.78, 5) is 24.6. The standard InChI is InChI=1S/C23H22N2O4/c1-16-7-5-10-22(17(16)2)28-15-23(27)29-14-21(26)19-13-25(12-6-11-24)20-9-4-3-8-18(19)20/h3-5,7-10,13H,6,12,14-15H2,1-2H3. The Kier molecular flexibility index (Phi) is 6.30. The second kappa shape index (κ2) is 9.07. The summed E-state index contributed by atoms with van der Waals surface area (Å²) in [5.41, 5.74) is 3.37.